The number of carboxylic acids is 1. The van der Waals surface area contributed by atoms with Crippen molar-refractivity contribution in [2.24, 2.45) is 0 Å². The Morgan fingerprint density at radius 1 is 1.39 bits per heavy atom. The lowest BCUT2D eigenvalue weighted by atomic mass is 9.96. The first-order valence-electron chi connectivity index (χ1n) is 8.81. The predicted molar refractivity (Wildman–Crippen MR) is 111 cm³/mol. The lowest BCUT2D eigenvalue weighted by Crippen LogP contribution is -2.85. The van der Waals surface area contributed by atoms with Crippen molar-refractivity contribution in [3.8, 4) is 0 Å². The van der Waals surface area contributed by atoms with Gasteiger partial charge in [0.25, 0.3) is 5.91 Å². The summed E-state index contributed by atoms with van der Waals surface area (Å²) in [6.45, 7) is 0.844. The van der Waals surface area contributed by atoms with Gasteiger partial charge in [-0.2, -0.15) is 4.72 Å². The summed E-state index contributed by atoms with van der Waals surface area (Å²) in [6.07, 6.45) is 0.762. The molecule has 168 valence electrons. The molecule has 0 spiro atoms. The second-order valence-electron chi connectivity index (χ2n) is 6.86. The summed E-state index contributed by atoms with van der Waals surface area (Å²) in [5, 5.41) is 12.8. The van der Waals surface area contributed by atoms with Crippen LogP contribution in [0.3, 0.4) is 0 Å². The number of nitrogens with zero attached hydrogens (tertiary/aromatic N) is 1. The van der Waals surface area contributed by atoms with E-state index in [1.807, 2.05) is 0 Å². The van der Waals surface area contributed by atoms with E-state index in [0.29, 0.717) is 4.88 Å². The van der Waals surface area contributed by atoms with Gasteiger partial charge in [-0.25, -0.2) is 13.2 Å². The Hall–Kier alpha value is -2.42. The van der Waals surface area contributed by atoms with E-state index < -0.39 is 50.5 Å². The quantitative estimate of drug-likeness (QED) is 0.248. The van der Waals surface area contributed by atoms with Gasteiger partial charge in [0.05, 0.1) is 12.7 Å². The molecule has 3 heterocycles. The van der Waals surface area contributed by atoms with Gasteiger partial charge in [0, 0.05) is 23.1 Å². The number of esters is 1. The number of carbonyl (C=O) groups is 4. The monoisotopic (exact) mass is 489 g/mol. The number of ether oxygens (including phenoxy) is 1. The summed E-state index contributed by atoms with van der Waals surface area (Å²) in [5.74, 6) is -3.53. The highest BCUT2D eigenvalue weighted by Gasteiger charge is 2.67. The van der Waals surface area contributed by atoms with Crippen LogP contribution < -0.4 is 10.0 Å². The van der Waals surface area contributed by atoms with Gasteiger partial charge in [0.15, 0.2) is 0 Å². The number of sulfonamides is 1. The summed E-state index contributed by atoms with van der Waals surface area (Å²) >= 11 is 2.37. The van der Waals surface area contributed by atoms with Gasteiger partial charge in [0.2, 0.25) is 21.6 Å². The van der Waals surface area contributed by atoms with Gasteiger partial charge in [-0.1, -0.05) is 6.07 Å². The van der Waals surface area contributed by atoms with Crippen LogP contribution in [0.4, 0.5) is 0 Å². The minimum atomic E-state index is -3.96. The largest absolute Gasteiger partial charge is 0.477 e. The molecule has 2 aliphatic heterocycles. The first-order chi connectivity index (χ1) is 14.4. The van der Waals surface area contributed by atoms with E-state index >= 15 is 0 Å². The summed E-state index contributed by atoms with van der Waals surface area (Å²) in [4.78, 5) is 50.2. The number of thiophene rings is 1. The van der Waals surface area contributed by atoms with E-state index in [-0.39, 0.29) is 24.4 Å². The van der Waals surface area contributed by atoms with Crippen LogP contribution in [0.25, 0.3) is 0 Å². The van der Waals surface area contributed by atoms with E-state index in [1.165, 1.54) is 18.3 Å². The molecule has 0 saturated carbocycles. The van der Waals surface area contributed by atoms with Crippen molar-refractivity contribution in [1.82, 2.24) is 14.9 Å². The molecular weight excluding hydrogens is 470 g/mol. The summed E-state index contributed by atoms with van der Waals surface area (Å²) in [5.41, 5.74) is -2.23. The molecule has 2 aliphatic rings. The highest BCUT2D eigenvalue weighted by molar-refractivity contribution is 8.00. The highest BCUT2D eigenvalue weighted by Crippen LogP contribution is 2.45. The molecule has 0 aliphatic carbocycles. The molecule has 2 atom stereocenters. The lowest BCUT2D eigenvalue weighted by Gasteiger charge is -2.56. The van der Waals surface area contributed by atoms with E-state index in [0.717, 1.165) is 22.9 Å². The molecule has 0 aromatic carbocycles. The molecule has 3 rings (SSSR count). The van der Waals surface area contributed by atoms with Crippen molar-refractivity contribution in [2.75, 3.05) is 18.6 Å². The van der Waals surface area contributed by atoms with Crippen LogP contribution in [0.15, 0.2) is 28.8 Å². The van der Waals surface area contributed by atoms with Crippen LogP contribution in [-0.4, -0.2) is 71.8 Å². The molecule has 0 bridgehead atoms. The Labute approximate surface area is 185 Å². The predicted octanol–water partition coefficient (Wildman–Crippen LogP) is -0.531. The Morgan fingerprint density at radius 3 is 2.65 bits per heavy atom. The van der Waals surface area contributed by atoms with E-state index in [2.05, 4.69) is 10.0 Å². The Balaban J connectivity index is 1.92. The number of hydrogen-bond donors (Lipinski definition) is 3. The summed E-state index contributed by atoms with van der Waals surface area (Å²) in [6, 6.07) is 3.47. The third-order valence-corrected chi connectivity index (χ3v) is 7.37. The maximum atomic E-state index is 13.1. The van der Waals surface area contributed by atoms with Crippen LogP contribution in [0.2, 0.25) is 0 Å². The zero-order chi connectivity index (χ0) is 23.0. The first kappa shape index (κ1) is 23.2. The van der Waals surface area contributed by atoms with Crippen LogP contribution in [0, 0.1) is 0 Å². The second kappa shape index (κ2) is 8.61. The van der Waals surface area contributed by atoms with Gasteiger partial charge in [-0.05, 0) is 11.4 Å². The minimum Gasteiger partial charge on any atom is -0.477 e. The smallest absolute Gasteiger partial charge is 0.352 e. The number of fused-ring (bicyclic) bond motifs is 1. The highest BCUT2D eigenvalue weighted by atomic mass is 32.2. The number of thioether (sulfide) groups is 1. The molecule has 0 unspecified atom stereocenters. The normalized spacial score (nSPS) is 23.1. The zero-order valence-electron chi connectivity index (χ0n) is 16.4. The molecule has 1 saturated heterocycles. The van der Waals surface area contributed by atoms with Crippen molar-refractivity contribution >= 4 is 56.9 Å². The Kier molecular flexibility index (Phi) is 6.45. The van der Waals surface area contributed by atoms with Gasteiger partial charge in [0.1, 0.15) is 17.7 Å². The first-order valence-corrected chi connectivity index (χ1v) is 12.6. The number of amides is 2. The van der Waals surface area contributed by atoms with Gasteiger partial charge in [-0.15, -0.1) is 23.1 Å². The van der Waals surface area contributed by atoms with Crippen LogP contribution >= 0.6 is 23.1 Å². The van der Waals surface area contributed by atoms with Crippen molar-refractivity contribution in [1.29, 1.82) is 0 Å². The van der Waals surface area contributed by atoms with Gasteiger partial charge in [-0.3, -0.25) is 19.3 Å². The van der Waals surface area contributed by atoms with Gasteiger partial charge >= 0.3 is 11.9 Å². The Bertz CT molecular complexity index is 1070. The molecule has 31 heavy (non-hydrogen) atoms. The van der Waals surface area contributed by atoms with Crippen molar-refractivity contribution < 1.29 is 37.4 Å². The number of carbonyl (C=O) groups excluding carboxylic acids is 3. The van der Waals surface area contributed by atoms with E-state index in [1.54, 1.807) is 17.5 Å². The maximum absolute atomic E-state index is 13.1. The average Bonchev–Trinajstić information content (AvgIpc) is 3.16. The second-order valence-corrected chi connectivity index (χ2v) is 10.7. The van der Waals surface area contributed by atoms with Crippen molar-refractivity contribution in [3.05, 3.63) is 33.7 Å². The summed E-state index contributed by atoms with van der Waals surface area (Å²) < 4.78 is 31.0. The van der Waals surface area contributed by atoms with Crippen LogP contribution in [-0.2, 0) is 40.4 Å². The molecule has 1 aromatic heterocycles. The fraction of sp³-hybridized carbons (Fsp3) is 0.412. The number of rotatable bonds is 8. The standard InChI is InChI=1S/C17H19N3O8S3/c1-9(21)28-7-10-8-30-16-17(19-31(2,26)27,15(25)20(16)13(10)14(23)24)18-12(22)6-11-4-3-5-29-11/h3-5,16,19H,6-8H2,1-2H3,(H,18,22)(H,23,24)/t16-,17-/m1/s1. The SMILES string of the molecule is CC(=O)OCC1=C(C(=O)O)N2C(=O)[C@@](NC(=O)Cc3cccs3)(NS(C)(=O)=O)[C@H]2SC1. The Morgan fingerprint density at radius 2 is 2.10 bits per heavy atom. The third-order valence-electron chi connectivity index (χ3n) is 4.40. The zero-order valence-corrected chi connectivity index (χ0v) is 18.9. The fourth-order valence-corrected chi connectivity index (χ4v) is 6.29. The number of hydrogen-bond acceptors (Lipinski definition) is 9. The minimum absolute atomic E-state index is 0.0529. The molecule has 11 nitrogen and oxygen atoms in total. The molecule has 0 radical (unpaired) electrons. The number of nitrogens with one attached hydrogen (secondary N) is 2. The van der Waals surface area contributed by atoms with Gasteiger partial charge < -0.3 is 15.2 Å². The molecule has 2 amide bonds. The third kappa shape index (κ3) is 4.76. The van der Waals surface area contributed by atoms with E-state index in [4.69, 9.17) is 4.74 Å². The maximum Gasteiger partial charge on any atom is 0.352 e. The van der Waals surface area contributed by atoms with Crippen molar-refractivity contribution in [2.45, 2.75) is 24.4 Å². The molecule has 1 aromatic rings. The van der Waals surface area contributed by atoms with Crippen LogP contribution in [0.5, 0.6) is 0 Å². The average molecular weight is 490 g/mol. The molecule has 3 N–H and O–H groups in total. The fourth-order valence-electron chi connectivity index (χ4n) is 3.28. The lowest BCUT2D eigenvalue weighted by molar-refractivity contribution is -0.160. The molecular formula is C17H19N3O8S3. The van der Waals surface area contributed by atoms with Crippen molar-refractivity contribution in [3.63, 3.8) is 0 Å². The van der Waals surface area contributed by atoms with E-state index in [9.17, 15) is 32.7 Å². The number of carboxylic acid groups (broad SMARTS) is 1. The van der Waals surface area contributed by atoms with Crippen LogP contribution in [0.1, 0.15) is 11.8 Å². The summed E-state index contributed by atoms with van der Waals surface area (Å²) in [7, 11) is -3.96. The molecule has 14 heteroatoms. The molecule has 1 fully saturated rings. The topological polar surface area (TPSA) is 159 Å². The number of β-lactam (4-membered cyclic amide) rings is 1. The number of aliphatic carboxylic acids is 1.